The SMILES string of the molecule is CCCCC(CC)COC(=O)/C=C/c1cc(Br)ccc1-n1ncc2ccccc2c1=O. The molecule has 0 radical (unpaired) electrons. The number of hydrogen-bond acceptors (Lipinski definition) is 4. The van der Waals surface area contributed by atoms with E-state index < -0.39 is 0 Å². The third-order valence-electron chi connectivity index (χ3n) is 5.32. The first kappa shape index (κ1) is 22.9. The molecule has 0 amide bonds. The Morgan fingerprint density at radius 1 is 1.23 bits per heavy atom. The van der Waals surface area contributed by atoms with Crippen molar-refractivity contribution in [3.8, 4) is 5.69 Å². The van der Waals surface area contributed by atoms with Gasteiger partial charge in [0.05, 0.1) is 23.9 Å². The molecule has 0 aliphatic carbocycles. The molecule has 0 aliphatic rings. The number of hydrogen-bond donors (Lipinski definition) is 0. The molecule has 162 valence electrons. The molecule has 0 fully saturated rings. The zero-order chi connectivity index (χ0) is 22.2. The summed E-state index contributed by atoms with van der Waals surface area (Å²) >= 11 is 3.46. The molecule has 3 aromatic rings. The van der Waals surface area contributed by atoms with Gasteiger partial charge in [-0.1, -0.05) is 67.2 Å². The third kappa shape index (κ3) is 5.91. The predicted molar refractivity (Wildman–Crippen MR) is 128 cm³/mol. The van der Waals surface area contributed by atoms with Gasteiger partial charge in [0.2, 0.25) is 0 Å². The summed E-state index contributed by atoms with van der Waals surface area (Å²) in [6.07, 6.45) is 9.07. The minimum absolute atomic E-state index is 0.209. The molecule has 0 spiro atoms. The number of carbonyl (C=O) groups excluding carboxylic acids is 1. The van der Waals surface area contributed by atoms with E-state index in [1.165, 1.54) is 10.8 Å². The predicted octanol–water partition coefficient (Wildman–Crippen LogP) is 5.92. The Bertz CT molecular complexity index is 1140. The van der Waals surface area contributed by atoms with Gasteiger partial charge in [-0.25, -0.2) is 4.79 Å². The molecule has 5 nitrogen and oxygen atoms in total. The van der Waals surface area contributed by atoms with Gasteiger partial charge in [0, 0.05) is 21.5 Å². The first-order chi connectivity index (χ1) is 15.0. The molecule has 0 bridgehead atoms. The number of rotatable bonds is 9. The fourth-order valence-corrected chi connectivity index (χ4v) is 3.80. The topological polar surface area (TPSA) is 61.2 Å². The Morgan fingerprint density at radius 3 is 2.81 bits per heavy atom. The highest BCUT2D eigenvalue weighted by Crippen LogP contribution is 2.21. The molecule has 0 aliphatic heterocycles. The van der Waals surface area contributed by atoms with Gasteiger partial charge < -0.3 is 4.74 Å². The van der Waals surface area contributed by atoms with Gasteiger partial charge in [0.1, 0.15) is 0 Å². The minimum Gasteiger partial charge on any atom is -0.462 e. The summed E-state index contributed by atoms with van der Waals surface area (Å²) in [6.45, 7) is 4.70. The first-order valence-electron chi connectivity index (χ1n) is 10.6. The van der Waals surface area contributed by atoms with Crippen molar-refractivity contribution >= 4 is 38.7 Å². The Hall–Kier alpha value is -2.73. The molecule has 0 saturated carbocycles. The molecular weight excluding hydrogens is 456 g/mol. The van der Waals surface area contributed by atoms with Crippen LogP contribution in [0.2, 0.25) is 0 Å². The lowest BCUT2D eigenvalue weighted by Crippen LogP contribution is -2.21. The number of nitrogens with zero attached hydrogens (tertiary/aromatic N) is 2. The Morgan fingerprint density at radius 2 is 2.03 bits per heavy atom. The molecule has 31 heavy (non-hydrogen) atoms. The van der Waals surface area contributed by atoms with Crippen molar-refractivity contribution in [2.45, 2.75) is 39.5 Å². The number of esters is 1. The highest BCUT2D eigenvalue weighted by atomic mass is 79.9. The molecule has 3 rings (SSSR count). The maximum Gasteiger partial charge on any atom is 0.330 e. The molecule has 1 atom stereocenters. The molecule has 1 unspecified atom stereocenters. The van der Waals surface area contributed by atoms with Crippen molar-refractivity contribution in [1.29, 1.82) is 0 Å². The highest BCUT2D eigenvalue weighted by molar-refractivity contribution is 9.10. The summed E-state index contributed by atoms with van der Waals surface area (Å²) < 4.78 is 7.64. The molecule has 0 saturated heterocycles. The highest BCUT2D eigenvalue weighted by Gasteiger charge is 2.11. The van der Waals surface area contributed by atoms with Crippen molar-refractivity contribution in [2.75, 3.05) is 6.61 Å². The van der Waals surface area contributed by atoms with E-state index in [2.05, 4.69) is 34.9 Å². The van der Waals surface area contributed by atoms with Crippen LogP contribution >= 0.6 is 15.9 Å². The van der Waals surface area contributed by atoms with Crippen LogP contribution in [0.1, 0.15) is 45.1 Å². The lowest BCUT2D eigenvalue weighted by atomic mass is 10.0. The number of ether oxygens (including phenoxy) is 1. The zero-order valence-corrected chi connectivity index (χ0v) is 19.5. The summed E-state index contributed by atoms with van der Waals surface area (Å²) in [6, 6.07) is 12.8. The smallest absolute Gasteiger partial charge is 0.330 e. The molecule has 1 heterocycles. The van der Waals surface area contributed by atoms with Crippen LogP contribution in [0.3, 0.4) is 0 Å². The fourth-order valence-electron chi connectivity index (χ4n) is 3.42. The van der Waals surface area contributed by atoms with Crippen LogP contribution in [0.5, 0.6) is 0 Å². The average molecular weight is 483 g/mol. The van der Waals surface area contributed by atoms with Crippen LogP contribution in [0.4, 0.5) is 0 Å². The summed E-state index contributed by atoms with van der Waals surface area (Å²) in [7, 11) is 0. The largest absolute Gasteiger partial charge is 0.462 e. The van der Waals surface area contributed by atoms with Gasteiger partial charge in [0.25, 0.3) is 5.56 Å². The molecule has 6 heteroatoms. The van der Waals surface area contributed by atoms with E-state index in [1.54, 1.807) is 24.4 Å². The fraction of sp³-hybridized carbons (Fsp3) is 0.320. The van der Waals surface area contributed by atoms with Crippen molar-refractivity contribution in [2.24, 2.45) is 5.92 Å². The minimum atomic E-state index is -0.389. The third-order valence-corrected chi connectivity index (χ3v) is 5.81. The van der Waals surface area contributed by atoms with Crippen LogP contribution in [0.25, 0.3) is 22.5 Å². The number of benzene rings is 2. The Labute approximate surface area is 190 Å². The van der Waals surface area contributed by atoms with Gasteiger partial charge in [-0.3, -0.25) is 4.79 Å². The van der Waals surface area contributed by atoms with Gasteiger partial charge >= 0.3 is 5.97 Å². The standard InChI is InChI=1S/C25H27BrN2O3/c1-3-5-8-18(4-2)17-31-24(29)14-11-19-15-21(26)12-13-23(19)28-25(30)22-10-7-6-9-20(22)16-27-28/h6-7,9-16,18H,3-5,8,17H2,1-2H3/b14-11+. The van der Waals surface area contributed by atoms with E-state index in [4.69, 9.17) is 4.74 Å². The number of aromatic nitrogens is 2. The van der Waals surface area contributed by atoms with Crippen molar-refractivity contribution in [3.63, 3.8) is 0 Å². The summed E-state index contributed by atoms with van der Waals surface area (Å²) in [4.78, 5) is 25.3. The molecule has 0 N–H and O–H groups in total. The lowest BCUT2D eigenvalue weighted by molar-refractivity contribution is -0.139. The van der Waals surface area contributed by atoms with E-state index in [9.17, 15) is 9.59 Å². The Kier molecular flexibility index (Phi) is 8.18. The second-order valence-corrected chi connectivity index (χ2v) is 8.45. The van der Waals surface area contributed by atoms with Gasteiger partial charge in [0.15, 0.2) is 0 Å². The first-order valence-corrected chi connectivity index (χ1v) is 11.4. The van der Waals surface area contributed by atoms with Crippen molar-refractivity contribution < 1.29 is 9.53 Å². The van der Waals surface area contributed by atoms with Crippen LogP contribution < -0.4 is 5.56 Å². The second kappa shape index (κ2) is 11.0. The van der Waals surface area contributed by atoms with Crippen molar-refractivity contribution in [1.82, 2.24) is 9.78 Å². The lowest BCUT2D eigenvalue weighted by Gasteiger charge is -2.13. The second-order valence-electron chi connectivity index (χ2n) is 7.53. The summed E-state index contributed by atoms with van der Waals surface area (Å²) in [5.74, 6) is -0.00111. The summed E-state index contributed by atoms with van der Waals surface area (Å²) in [5, 5.41) is 5.71. The molecule has 2 aromatic carbocycles. The average Bonchev–Trinajstić information content (AvgIpc) is 2.79. The van der Waals surface area contributed by atoms with Gasteiger partial charge in [-0.2, -0.15) is 9.78 Å². The summed E-state index contributed by atoms with van der Waals surface area (Å²) in [5.41, 5.74) is 1.07. The maximum atomic E-state index is 13.0. The number of fused-ring (bicyclic) bond motifs is 1. The van der Waals surface area contributed by atoms with E-state index in [-0.39, 0.29) is 11.5 Å². The quantitative estimate of drug-likeness (QED) is 0.280. The van der Waals surface area contributed by atoms with Gasteiger partial charge in [-0.05, 0) is 42.7 Å². The van der Waals surface area contributed by atoms with Crippen LogP contribution in [-0.2, 0) is 9.53 Å². The number of halogens is 1. The maximum absolute atomic E-state index is 13.0. The molecule has 1 aromatic heterocycles. The van der Waals surface area contributed by atoms with Crippen LogP contribution in [0, 0.1) is 5.92 Å². The Balaban J connectivity index is 1.83. The zero-order valence-electron chi connectivity index (χ0n) is 17.9. The van der Waals surface area contributed by atoms with Crippen molar-refractivity contribution in [3.05, 3.63) is 75.1 Å². The van der Waals surface area contributed by atoms with Gasteiger partial charge in [-0.15, -0.1) is 0 Å². The number of carbonyl (C=O) groups is 1. The van der Waals surface area contributed by atoms with E-state index in [0.29, 0.717) is 29.2 Å². The molecular formula is C25H27BrN2O3. The van der Waals surface area contributed by atoms with E-state index >= 15 is 0 Å². The van der Waals surface area contributed by atoms with Crippen LogP contribution in [0.15, 0.2) is 64.0 Å². The van der Waals surface area contributed by atoms with E-state index in [1.807, 2.05) is 30.3 Å². The van der Waals surface area contributed by atoms with Crippen LogP contribution in [-0.4, -0.2) is 22.4 Å². The monoisotopic (exact) mass is 482 g/mol. The normalized spacial score (nSPS) is 12.4. The van der Waals surface area contributed by atoms with E-state index in [0.717, 1.165) is 35.5 Å². The number of unbranched alkanes of at least 4 members (excludes halogenated alkanes) is 1.